The molecule has 96 valence electrons. The summed E-state index contributed by atoms with van der Waals surface area (Å²) in [6.07, 6.45) is 1.17. The summed E-state index contributed by atoms with van der Waals surface area (Å²) < 4.78 is 31.6. The number of nitrogens with zero attached hydrogens (tertiary/aromatic N) is 3. The van der Waals surface area contributed by atoms with Crippen LogP contribution in [-0.2, 0) is 17.1 Å². The molecule has 0 radical (unpaired) electrons. The van der Waals surface area contributed by atoms with Gasteiger partial charge in [0.25, 0.3) is 10.0 Å². The van der Waals surface area contributed by atoms with Crippen molar-refractivity contribution in [3.8, 4) is 0 Å². The van der Waals surface area contributed by atoms with Crippen LogP contribution in [0, 0.1) is 0 Å². The van der Waals surface area contributed by atoms with Crippen LogP contribution in [0.25, 0.3) is 0 Å². The van der Waals surface area contributed by atoms with Crippen LogP contribution in [0.15, 0.2) is 28.0 Å². The summed E-state index contributed by atoms with van der Waals surface area (Å²) in [6, 6.07) is 2.09. The van der Waals surface area contributed by atoms with Crippen molar-refractivity contribution < 1.29 is 22.7 Å². The van der Waals surface area contributed by atoms with Crippen LogP contribution >= 0.6 is 0 Å². The van der Waals surface area contributed by atoms with Gasteiger partial charge >= 0.3 is 5.97 Å². The van der Waals surface area contributed by atoms with E-state index in [1.807, 2.05) is 0 Å². The standard InChI is InChI=1S/C8H8N4O5S/c1-12-8(9-4-10-12)11-18(15,16)6-3-2-5(17-6)7(13)14/h2-4H,1H3,(H,13,14)(H,9,10,11). The van der Waals surface area contributed by atoms with E-state index < -0.39 is 26.8 Å². The summed E-state index contributed by atoms with van der Waals surface area (Å²) in [7, 11) is -2.53. The Morgan fingerprint density at radius 3 is 2.72 bits per heavy atom. The van der Waals surface area contributed by atoms with Crippen molar-refractivity contribution in [1.29, 1.82) is 0 Å². The van der Waals surface area contributed by atoms with E-state index >= 15 is 0 Å². The predicted molar refractivity (Wildman–Crippen MR) is 57.5 cm³/mol. The molecule has 0 saturated heterocycles. The summed E-state index contributed by atoms with van der Waals surface area (Å²) in [6.45, 7) is 0. The smallest absolute Gasteiger partial charge is 0.371 e. The van der Waals surface area contributed by atoms with Crippen LogP contribution in [0.5, 0.6) is 0 Å². The van der Waals surface area contributed by atoms with E-state index in [1.165, 1.54) is 18.1 Å². The van der Waals surface area contributed by atoms with Crippen molar-refractivity contribution in [3.05, 3.63) is 24.2 Å². The average molecular weight is 272 g/mol. The number of carboxylic acid groups (broad SMARTS) is 1. The molecule has 0 fully saturated rings. The number of carboxylic acids is 1. The molecule has 0 spiro atoms. The molecule has 0 unspecified atom stereocenters. The number of furan rings is 1. The Hall–Kier alpha value is -2.36. The van der Waals surface area contributed by atoms with Crippen LogP contribution in [0.2, 0.25) is 0 Å². The first-order valence-corrected chi connectivity index (χ1v) is 6.08. The van der Waals surface area contributed by atoms with E-state index in [2.05, 4.69) is 14.8 Å². The molecule has 0 bridgehead atoms. The summed E-state index contributed by atoms with van der Waals surface area (Å²) in [4.78, 5) is 14.2. The van der Waals surface area contributed by atoms with Gasteiger partial charge in [0.15, 0.2) is 0 Å². The molecule has 2 aromatic heterocycles. The number of rotatable bonds is 4. The minimum atomic E-state index is -4.02. The predicted octanol–water partition coefficient (Wildman–Crippen LogP) is -0.0929. The van der Waals surface area contributed by atoms with Gasteiger partial charge in [0, 0.05) is 7.05 Å². The molecule has 2 N–H and O–H groups in total. The molecule has 2 heterocycles. The van der Waals surface area contributed by atoms with Gasteiger partial charge in [0.1, 0.15) is 6.33 Å². The fourth-order valence-electron chi connectivity index (χ4n) is 1.14. The van der Waals surface area contributed by atoms with Crippen molar-refractivity contribution in [2.75, 3.05) is 4.72 Å². The third kappa shape index (κ3) is 2.18. The highest BCUT2D eigenvalue weighted by Crippen LogP contribution is 2.16. The molecular formula is C8H8N4O5S. The van der Waals surface area contributed by atoms with Crippen molar-refractivity contribution >= 4 is 21.9 Å². The second-order valence-corrected chi connectivity index (χ2v) is 4.85. The van der Waals surface area contributed by atoms with Gasteiger partial charge in [-0.3, -0.25) is 0 Å². The van der Waals surface area contributed by atoms with Crippen LogP contribution in [0.4, 0.5) is 5.95 Å². The van der Waals surface area contributed by atoms with Gasteiger partial charge in [-0.05, 0) is 12.1 Å². The summed E-state index contributed by atoms with van der Waals surface area (Å²) >= 11 is 0. The Morgan fingerprint density at radius 2 is 2.22 bits per heavy atom. The first kappa shape index (κ1) is 12.1. The monoisotopic (exact) mass is 272 g/mol. The number of anilines is 1. The Balaban J connectivity index is 2.31. The van der Waals surface area contributed by atoms with E-state index in [9.17, 15) is 13.2 Å². The van der Waals surface area contributed by atoms with Gasteiger partial charge in [-0.15, -0.1) is 0 Å². The zero-order valence-electron chi connectivity index (χ0n) is 9.06. The minimum Gasteiger partial charge on any atom is -0.475 e. The summed E-state index contributed by atoms with van der Waals surface area (Å²) in [5.41, 5.74) is 0. The zero-order chi connectivity index (χ0) is 13.3. The van der Waals surface area contributed by atoms with Gasteiger partial charge in [0.2, 0.25) is 16.8 Å². The second-order valence-electron chi connectivity index (χ2n) is 3.24. The third-order valence-electron chi connectivity index (χ3n) is 1.99. The van der Waals surface area contributed by atoms with E-state index in [-0.39, 0.29) is 5.95 Å². The van der Waals surface area contributed by atoms with Crippen molar-refractivity contribution in [3.63, 3.8) is 0 Å². The van der Waals surface area contributed by atoms with Gasteiger partial charge in [-0.1, -0.05) is 0 Å². The highest BCUT2D eigenvalue weighted by Gasteiger charge is 2.22. The molecule has 0 aliphatic carbocycles. The maximum atomic E-state index is 11.8. The molecule has 0 saturated carbocycles. The topological polar surface area (TPSA) is 127 Å². The van der Waals surface area contributed by atoms with Crippen LogP contribution in [-0.4, -0.2) is 34.3 Å². The molecule has 2 rings (SSSR count). The zero-order valence-corrected chi connectivity index (χ0v) is 9.88. The van der Waals surface area contributed by atoms with E-state index in [1.54, 1.807) is 0 Å². The van der Waals surface area contributed by atoms with Crippen molar-refractivity contribution in [2.24, 2.45) is 7.05 Å². The van der Waals surface area contributed by atoms with Crippen LogP contribution < -0.4 is 4.72 Å². The molecule has 0 aliphatic rings. The number of aromatic carboxylic acids is 1. The number of carbonyl (C=O) groups is 1. The Labute approximate surface area is 101 Å². The summed E-state index contributed by atoms with van der Waals surface area (Å²) in [5, 5.41) is 11.8. The minimum absolute atomic E-state index is 0.0109. The number of nitrogens with one attached hydrogen (secondary N) is 1. The third-order valence-corrected chi connectivity index (χ3v) is 3.19. The fraction of sp³-hybridized carbons (Fsp3) is 0.125. The van der Waals surface area contributed by atoms with Gasteiger partial charge < -0.3 is 9.52 Å². The lowest BCUT2D eigenvalue weighted by Gasteiger charge is -2.03. The molecular weight excluding hydrogens is 264 g/mol. The normalized spacial score (nSPS) is 11.4. The molecule has 10 heteroatoms. The molecule has 0 atom stereocenters. The molecule has 18 heavy (non-hydrogen) atoms. The first-order valence-electron chi connectivity index (χ1n) is 4.60. The van der Waals surface area contributed by atoms with Crippen LogP contribution in [0.1, 0.15) is 10.6 Å². The fourth-order valence-corrected chi connectivity index (χ4v) is 2.11. The van der Waals surface area contributed by atoms with Crippen molar-refractivity contribution in [1.82, 2.24) is 14.8 Å². The molecule has 9 nitrogen and oxygen atoms in total. The SMILES string of the molecule is Cn1ncnc1NS(=O)(=O)c1ccc(C(=O)O)o1. The number of hydrogen-bond donors (Lipinski definition) is 2. The number of aromatic nitrogens is 3. The van der Waals surface area contributed by atoms with Gasteiger partial charge in [-0.2, -0.15) is 18.5 Å². The van der Waals surface area contributed by atoms with Crippen LogP contribution in [0.3, 0.4) is 0 Å². The lowest BCUT2D eigenvalue weighted by atomic mass is 10.5. The number of aryl methyl sites for hydroxylation is 1. The molecule has 2 aromatic rings. The lowest BCUT2D eigenvalue weighted by Crippen LogP contribution is -2.15. The van der Waals surface area contributed by atoms with Crippen molar-refractivity contribution in [2.45, 2.75) is 5.09 Å². The lowest BCUT2D eigenvalue weighted by molar-refractivity contribution is 0.0656. The quantitative estimate of drug-likeness (QED) is 0.795. The molecule has 0 aromatic carbocycles. The maximum absolute atomic E-state index is 11.8. The Morgan fingerprint density at radius 1 is 1.50 bits per heavy atom. The highest BCUT2D eigenvalue weighted by atomic mass is 32.2. The molecule has 0 aliphatic heterocycles. The number of sulfonamides is 1. The first-order chi connectivity index (χ1) is 8.40. The molecule has 0 amide bonds. The van der Waals surface area contributed by atoms with E-state index in [4.69, 9.17) is 9.52 Å². The largest absolute Gasteiger partial charge is 0.475 e. The van der Waals surface area contributed by atoms with E-state index in [0.29, 0.717) is 0 Å². The van der Waals surface area contributed by atoms with Gasteiger partial charge in [-0.25, -0.2) is 14.2 Å². The van der Waals surface area contributed by atoms with Gasteiger partial charge in [0.05, 0.1) is 0 Å². The average Bonchev–Trinajstić information content (AvgIpc) is 2.88. The number of hydrogen-bond acceptors (Lipinski definition) is 6. The second kappa shape index (κ2) is 4.14. The Kier molecular flexibility index (Phi) is 2.79. The highest BCUT2D eigenvalue weighted by molar-refractivity contribution is 7.92. The van der Waals surface area contributed by atoms with E-state index in [0.717, 1.165) is 12.1 Å². The summed E-state index contributed by atoms with van der Waals surface area (Å²) in [5.74, 6) is -1.83. The Bertz CT molecular complexity index is 686. The maximum Gasteiger partial charge on any atom is 0.371 e.